The Labute approximate surface area is 161 Å². The van der Waals surface area contributed by atoms with Gasteiger partial charge in [-0.1, -0.05) is 37.0 Å². The van der Waals surface area contributed by atoms with Crippen LogP contribution in [-0.4, -0.2) is 31.7 Å². The molecule has 0 aromatic heterocycles. The molecular weight excluding hydrogens is 402 g/mol. The van der Waals surface area contributed by atoms with E-state index >= 15 is 0 Å². The number of rotatable bonds is 6. The van der Waals surface area contributed by atoms with Gasteiger partial charge in [-0.25, -0.2) is 12.8 Å². The Balaban J connectivity index is 2.38. The van der Waals surface area contributed by atoms with Gasteiger partial charge in [-0.15, -0.1) is 0 Å². The highest BCUT2D eigenvalue weighted by Crippen LogP contribution is 2.26. The molecule has 0 spiro atoms. The third kappa shape index (κ3) is 4.35. The molecule has 1 N–H and O–H groups in total. The fraction of sp³-hybridized carbons (Fsp3) is 0.235. The maximum Gasteiger partial charge on any atom is 0.255 e. The lowest BCUT2D eigenvalue weighted by molar-refractivity contribution is 0.102. The number of nitrogens with zero attached hydrogens (tertiary/aromatic N) is 1. The minimum absolute atomic E-state index is 0.0110. The number of hydrogen-bond donors (Lipinski definition) is 1. The van der Waals surface area contributed by atoms with Gasteiger partial charge in [-0.05, 0) is 36.4 Å². The van der Waals surface area contributed by atoms with Crippen molar-refractivity contribution in [3.05, 3.63) is 57.8 Å². The molecule has 26 heavy (non-hydrogen) atoms. The second-order valence-corrected chi connectivity index (χ2v) is 8.06. The number of hydrogen-bond acceptors (Lipinski definition) is 3. The van der Waals surface area contributed by atoms with Crippen LogP contribution in [0.15, 0.2) is 41.3 Å². The first-order chi connectivity index (χ1) is 12.2. The van der Waals surface area contributed by atoms with Gasteiger partial charge >= 0.3 is 0 Å². The molecule has 0 radical (unpaired) electrons. The predicted molar refractivity (Wildman–Crippen MR) is 101 cm³/mol. The number of carbonyl (C=O) groups is 1. The third-order valence-corrected chi connectivity index (χ3v) is 6.31. The van der Waals surface area contributed by atoms with Crippen LogP contribution in [0, 0.1) is 5.82 Å². The fourth-order valence-corrected chi connectivity index (χ4v) is 4.33. The molecule has 0 fully saturated rings. The zero-order chi connectivity index (χ0) is 19.5. The van der Waals surface area contributed by atoms with Crippen molar-refractivity contribution in [3.63, 3.8) is 0 Å². The number of nitrogens with one attached hydrogen (secondary N) is 1. The molecule has 0 unspecified atom stereocenters. The van der Waals surface area contributed by atoms with Gasteiger partial charge in [0, 0.05) is 23.7 Å². The molecule has 2 aromatic carbocycles. The van der Waals surface area contributed by atoms with E-state index in [4.69, 9.17) is 23.2 Å². The normalized spacial score (nSPS) is 11.6. The molecule has 0 bridgehead atoms. The molecule has 5 nitrogen and oxygen atoms in total. The first-order valence-corrected chi connectivity index (χ1v) is 9.96. The van der Waals surface area contributed by atoms with Gasteiger partial charge in [-0.3, -0.25) is 4.79 Å². The van der Waals surface area contributed by atoms with Crippen molar-refractivity contribution >= 4 is 44.8 Å². The van der Waals surface area contributed by atoms with Crippen molar-refractivity contribution in [3.8, 4) is 0 Å². The summed E-state index contributed by atoms with van der Waals surface area (Å²) in [4.78, 5) is 11.9. The Hall–Kier alpha value is -1.67. The molecule has 9 heteroatoms. The number of anilines is 1. The first kappa shape index (κ1) is 20.6. The number of amides is 1. The van der Waals surface area contributed by atoms with Crippen LogP contribution in [0.25, 0.3) is 0 Å². The zero-order valence-electron chi connectivity index (χ0n) is 14.1. The number of halogens is 3. The second-order valence-electron chi connectivity index (χ2n) is 5.31. The van der Waals surface area contributed by atoms with E-state index in [2.05, 4.69) is 5.32 Å². The molecule has 2 rings (SSSR count). The van der Waals surface area contributed by atoms with Gasteiger partial charge in [0.1, 0.15) is 10.7 Å². The Morgan fingerprint density at radius 1 is 1.12 bits per heavy atom. The highest BCUT2D eigenvalue weighted by Gasteiger charge is 2.26. The summed E-state index contributed by atoms with van der Waals surface area (Å²) in [7, 11) is -4.04. The van der Waals surface area contributed by atoms with E-state index in [1.165, 1.54) is 18.2 Å². The molecule has 2 aromatic rings. The number of carbonyl (C=O) groups excluding carboxylic acids is 1. The molecule has 0 atom stereocenters. The van der Waals surface area contributed by atoms with Crippen molar-refractivity contribution in [2.24, 2.45) is 0 Å². The smallest absolute Gasteiger partial charge is 0.255 e. The van der Waals surface area contributed by atoms with Crippen molar-refractivity contribution in [2.45, 2.75) is 18.7 Å². The Morgan fingerprint density at radius 2 is 1.77 bits per heavy atom. The fourth-order valence-electron chi connectivity index (χ4n) is 2.33. The summed E-state index contributed by atoms with van der Waals surface area (Å²) < 4.78 is 40.4. The Morgan fingerprint density at radius 3 is 2.35 bits per heavy atom. The van der Waals surface area contributed by atoms with Crippen molar-refractivity contribution in [1.29, 1.82) is 0 Å². The summed E-state index contributed by atoms with van der Waals surface area (Å²) in [6.07, 6.45) is 0. The third-order valence-electron chi connectivity index (χ3n) is 3.70. The lowest BCUT2D eigenvalue weighted by atomic mass is 10.2. The van der Waals surface area contributed by atoms with Crippen molar-refractivity contribution in [2.75, 3.05) is 18.4 Å². The average molecular weight is 419 g/mol. The van der Waals surface area contributed by atoms with Gasteiger partial charge in [0.15, 0.2) is 0 Å². The Bertz CT molecular complexity index is 932. The van der Waals surface area contributed by atoms with Crippen LogP contribution in [0.2, 0.25) is 10.0 Å². The molecule has 0 saturated carbocycles. The topological polar surface area (TPSA) is 66.5 Å². The van der Waals surface area contributed by atoms with Gasteiger partial charge in [-0.2, -0.15) is 4.31 Å². The van der Waals surface area contributed by atoms with Crippen molar-refractivity contribution in [1.82, 2.24) is 4.31 Å². The van der Waals surface area contributed by atoms with E-state index in [-0.39, 0.29) is 23.7 Å². The van der Waals surface area contributed by atoms with Crippen LogP contribution in [-0.2, 0) is 10.0 Å². The monoisotopic (exact) mass is 418 g/mol. The van der Waals surface area contributed by atoms with Gasteiger partial charge in [0.25, 0.3) is 5.91 Å². The summed E-state index contributed by atoms with van der Waals surface area (Å²) in [6.45, 7) is 3.68. The van der Waals surface area contributed by atoms with Crippen LogP contribution in [0.4, 0.5) is 10.1 Å². The first-order valence-electron chi connectivity index (χ1n) is 7.76. The lowest BCUT2D eigenvalue weighted by Gasteiger charge is -2.19. The quantitative estimate of drug-likeness (QED) is 0.754. The highest BCUT2D eigenvalue weighted by molar-refractivity contribution is 7.89. The van der Waals surface area contributed by atoms with Crippen LogP contribution in [0.3, 0.4) is 0 Å². The zero-order valence-corrected chi connectivity index (χ0v) is 16.4. The summed E-state index contributed by atoms with van der Waals surface area (Å²) in [5, 5.41) is 3.18. The number of sulfonamides is 1. The summed E-state index contributed by atoms with van der Waals surface area (Å²) in [6, 6.07) is 7.69. The van der Waals surface area contributed by atoms with Crippen LogP contribution in [0.1, 0.15) is 24.2 Å². The Kier molecular flexibility index (Phi) is 6.63. The standard InChI is InChI=1S/C17H17Cl2FN2O3S/c1-3-22(4-2)26(24,25)16-9-11(5-7-14(16)20)17(23)21-15-8-6-12(18)10-13(15)19/h5-10H,3-4H2,1-2H3,(H,21,23). The molecular formula is C17H17Cl2FN2O3S. The van der Waals surface area contributed by atoms with Crippen molar-refractivity contribution < 1.29 is 17.6 Å². The van der Waals surface area contributed by atoms with E-state index in [1.54, 1.807) is 19.9 Å². The minimum atomic E-state index is -4.04. The largest absolute Gasteiger partial charge is 0.321 e. The second kappa shape index (κ2) is 8.35. The van der Waals surface area contributed by atoms with Crippen LogP contribution in [0.5, 0.6) is 0 Å². The number of benzene rings is 2. The maximum atomic E-state index is 14.1. The predicted octanol–water partition coefficient (Wildman–Crippen LogP) is 4.42. The minimum Gasteiger partial charge on any atom is -0.321 e. The summed E-state index contributed by atoms with van der Waals surface area (Å²) in [5.74, 6) is -1.54. The highest BCUT2D eigenvalue weighted by atomic mass is 35.5. The van der Waals surface area contributed by atoms with Gasteiger partial charge < -0.3 is 5.32 Å². The lowest BCUT2D eigenvalue weighted by Crippen LogP contribution is -2.31. The van der Waals surface area contributed by atoms with E-state index in [9.17, 15) is 17.6 Å². The summed E-state index contributed by atoms with van der Waals surface area (Å²) in [5.41, 5.74) is 0.293. The average Bonchev–Trinajstić information content (AvgIpc) is 2.58. The van der Waals surface area contributed by atoms with E-state index < -0.39 is 26.6 Å². The molecule has 0 aliphatic rings. The molecule has 140 valence electrons. The van der Waals surface area contributed by atoms with Crippen LogP contribution < -0.4 is 5.32 Å². The summed E-state index contributed by atoms with van der Waals surface area (Å²) >= 11 is 11.8. The van der Waals surface area contributed by atoms with Crippen LogP contribution >= 0.6 is 23.2 Å². The molecule has 0 aliphatic carbocycles. The van der Waals surface area contributed by atoms with Gasteiger partial charge in [0.05, 0.1) is 10.7 Å². The molecule has 0 saturated heterocycles. The molecule has 0 heterocycles. The van der Waals surface area contributed by atoms with E-state index in [0.717, 1.165) is 16.4 Å². The van der Waals surface area contributed by atoms with E-state index in [0.29, 0.717) is 10.7 Å². The maximum absolute atomic E-state index is 14.1. The van der Waals surface area contributed by atoms with Gasteiger partial charge in [0.2, 0.25) is 10.0 Å². The van der Waals surface area contributed by atoms with E-state index in [1.807, 2.05) is 0 Å². The SMILES string of the molecule is CCN(CC)S(=O)(=O)c1cc(C(=O)Nc2ccc(Cl)cc2Cl)ccc1F. The molecule has 0 aliphatic heterocycles. The molecule has 1 amide bonds.